The van der Waals surface area contributed by atoms with E-state index in [1.807, 2.05) is 36.4 Å². The molecule has 3 aromatic carbocycles. The van der Waals surface area contributed by atoms with Crippen LogP contribution in [-0.4, -0.2) is 29.8 Å². The van der Waals surface area contributed by atoms with Gasteiger partial charge in [0.15, 0.2) is 5.76 Å². The number of esters is 2. The molecule has 40 heavy (non-hydrogen) atoms. The zero-order chi connectivity index (χ0) is 27.6. The highest BCUT2D eigenvalue weighted by Crippen LogP contribution is 2.49. The highest BCUT2D eigenvalue weighted by Gasteiger charge is 2.38. The number of benzene rings is 3. The first-order valence-corrected chi connectivity index (χ1v) is 12.6. The molecule has 198 valence electrons. The SMILES string of the molecule is COC(=O)c1ccc(C=C2Oc3c(ccc4c3C(c3cccc(OCc5cccnc5)c3)CC(=O)O4)C2=O)cc1. The van der Waals surface area contributed by atoms with E-state index in [-0.39, 0.29) is 23.9 Å². The van der Waals surface area contributed by atoms with Crippen molar-refractivity contribution in [1.82, 2.24) is 4.98 Å². The summed E-state index contributed by atoms with van der Waals surface area (Å²) in [6.07, 6.45) is 5.15. The van der Waals surface area contributed by atoms with Gasteiger partial charge in [0.25, 0.3) is 0 Å². The third kappa shape index (κ3) is 4.82. The van der Waals surface area contributed by atoms with Gasteiger partial charge in [-0.2, -0.15) is 0 Å². The first-order chi connectivity index (χ1) is 19.5. The van der Waals surface area contributed by atoms with Crippen molar-refractivity contribution in [3.8, 4) is 17.2 Å². The van der Waals surface area contributed by atoms with Crippen LogP contribution in [0.3, 0.4) is 0 Å². The van der Waals surface area contributed by atoms with Gasteiger partial charge in [-0.3, -0.25) is 14.6 Å². The zero-order valence-corrected chi connectivity index (χ0v) is 21.5. The van der Waals surface area contributed by atoms with Crippen molar-refractivity contribution in [3.05, 3.63) is 124 Å². The molecule has 0 fully saturated rings. The lowest BCUT2D eigenvalue weighted by atomic mass is 9.84. The van der Waals surface area contributed by atoms with Crippen molar-refractivity contribution in [2.45, 2.75) is 18.9 Å². The van der Waals surface area contributed by atoms with Crippen molar-refractivity contribution in [2.24, 2.45) is 0 Å². The summed E-state index contributed by atoms with van der Waals surface area (Å²) in [6.45, 7) is 0.350. The molecule has 1 unspecified atom stereocenters. The lowest BCUT2D eigenvalue weighted by Crippen LogP contribution is -2.21. The van der Waals surface area contributed by atoms with Crippen LogP contribution >= 0.6 is 0 Å². The van der Waals surface area contributed by atoms with Crippen LogP contribution in [-0.2, 0) is 16.1 Å². The van der Waals surface area contributed by atoms with Crippen LogP contribution in [0.15, 0.2) is 90.9 Å². The molecule has 1 aromatic heterocycles. The molecule has 0 bridgehead atoms. The van der Waals surface area contributed by atoms with Gasteiger partial charge in [0.05, 0.1) is 24.7 Å². The molecule has 3 heterocycles. The number of allylic oxidation sites excluding steroid dienone is 1. The minimum atomic E-state index is -0.446. The van der Waals surface area contributed by atoms with Crippen LogP contribution in [0.25, 0.3) is 6.08 Å². The highest BCUT2D eigenvalue weighted by atomic mass is 16.5. The molecule has 0 amide bonds. The van der Waals surface area contributed by atoms with E-state index in [0.29, 0.717) is 46.1 Å². The second kappa shape index (κ2) is 10.5. The van der Waals surface area contributed by atoms with Gasteiger partial charge in [0.1, 0.15) is 23.9 Å². The molecule has 0 spiro atoms. The number of pyridine rings is 1. The number of carbonyl (C=O) groups excluding carboxylic acids is 3. The van der Waals surface area contributed by atoms with Gasteiger partial charge in [-0.15, -0.1) is 0 Å². The van der Waals surface area contributed by atoms with E-state index >= 15 is 0 Å². The summed E-state index contributed by atoms with van der Waals surface area (Å²) in [6, 6.07) is 21.2. The van der Waals surface area contributed by atoms with Crippen LogP contribution < -0.4 is 14.2 Å². The second-order valence-electron chi connectivity index (χ2n) is 9.36. The maximum absolute atomic E-state index is 13.3. The second-order valence-corrected chi connectivity index (χ2v) is 9.36. The smallest absolute Gasteiger partial charge is 0.337 e. The van der Waals surface area contributed by atoms with Gasteiger partial charge in [0, 0.05) is 29.4 Å². The largest absolute Gasteiger partial charge is 0.489 e. The normalized spacial score (nSPS) is 16.5. The highest BCUT2D eigenvalue weighted by molar-refractivity contribution is 6.15. The Balaban J connectivity index is 1.31. The third-order valence-corrected chi connectivity index (χ3v) is 6.80. The summed E-state index contributed by atoms with van der Waals surface area (Å²) in [4.78, 5) is 41.7. The summed E-state index contributed by atoms with van der Waals surface area (Å²) >= 11 is 0. The minimum absolute atomic E-state index is 0.0844. The molecule has 0 radical (unpaired) electrons. The monoisotopic (exact) mass is 533 g/mol. The van der Waals surface area contributed by atoms with Gasteiger partial charge < -0.3 is 18.9 Å². The molecule has 8 heteroatoms. The average molecular weight is 534 g/mol. The van der Waals surface area contributed by atoms with E-state index in [4.69, 9.17) is 18.9 Å². The lowest BCUT2D eigenvalue weighted by molar-refractivity contribution is -0.135. The number of aromatic nitrogens is 1. The fraction of sp³-hybridized carbons (Fsp3) is 0.125. The van der Waals surface area contributed by atoms with E-state index in [9.17, 15) is 14.4 Å². The Labute approximate surface area is 229 Å². The molecule has 0 saturated carbocycles. The Morgan fingerprint density at radius 1 is 1.02 bits per heavy atom. The molecule has 2 aliphatic rings. The molecule has 6 rings (SSSR count). The predicted octanol–water partition coefficient (Wildman–Crippen LogP) is 5.50. The molecular weight excluding hydrogens is 510 g/mol. The standard InChI is InChI=1S/C32H23NO7/c1-37-32(36)21-9-7-19(8-10-21)14-27-30(35)24-11-12-26-29(31(24)40-27)25(16-28(34)39-26)22-5-2-6-23(15-22)38-18-20-4-3-13-33-17-20/h2-15,17,25H,16,18H2,1H3. The first kappa shape index (κ1) is 25.1. The van der Waals surface area contributed by atoms with E-state index < -0.39 is 11.9 Å². The summed E-state index contributed by atoms with van der Waals surface area (Å²) < 4.78 is 22.4. The first-order valence-electron chi connectivity index (χ1n) is 12.6. The third-order valence-electron chi connectivity index (χ3n) is 6.80. The predicted molar refractivity (Wildman–Crippen MR) is 144 cm³/mol. The summed E-state index contributed by atoms with van der Waals surface area (Å²) in [7, 11) is 1.32. The number of nitrogens with zero attached hydrogens (tertiary/aromatic N) is 1. The van der Waals surface area contributed by atoms with Gasteiger partial charge in [-0.1, -0.05) is 30.3 Å². The number of hydrogen-bond acceptors (Lipinski definition) is 8. The summed E-state index contributed by atoms with van der Waals surface area (Å²) in [5, 5.41) is 0. The number of fused-ring (bicyclic) bond motifs is 3. The van der Waals surface area contributed by atoms with Gasteiger partial charge in [-0.05, 0) is 59.7 Å². The lowest BCUT2D eigenvalue weighted by Gasteiger charge is -2.26. The molecule has 2 aliphatic heterocycles. The maximum atomic E-state index is 13.3. The Bertz CT molecular complexity index is 1660. The van der Waals surface area contributed by atoms with Crippen LogP contribution in [0.1, 0.15) is 55.3 Å². The van der Waals surface area contributed by atoms with Crippen molar-refractivity contribution in [1.29, 1.82) is 0 Å². The molecule has 0 aliphatic carbocycles. The number of ketones is 1. The van der Waals surface area contributed by atoms with Gasteiger partial charge in [-0.25, -0.2) is 4.79 Å². The Morgan fingerprint density at radius 2 is 1.88 bits per heavy atom. The Morgan fingerprint density at radius 3 is 2.65 bits per heavy atom. The van der Waals surface area contributed by atoms with E-state index in [1.165, 1.54) is 7.11 Å². The summed E-state index contributed by atoms with van der Waals surface area (Å²) in [5.41, 5.74) is 3.88. The average Bonchev–Trinajstić information content (AvgIpc) is 3.30. The van der Waals surface area contributed by atoms with Gasteiger partial charge in [0.2, 0.25) is 5.78 Å². The quantitative estimate of drug-likeness (QED) is 0.182. The van der Waals surface area contributed by atoms with E-state index in [1.54, 1.807) is 54.9 Å². The molecule has 0 N–H and O–H groups in total. The van der Waals surface area contributed by atoms with Crippen molar-refractivity contribution < 1.29 is 33.3 Å². The Kier molecular flexibility index (Phi) is 6.57. The number of methoxy groups -OCH3 is 1. The van der Waals surface area contributed by atoms with Gasteiger partial charge >= 0.3 is 11.9 Å². The molecular formula is C32H23NO7. The van der Waals surface area contributed by atoms with Crippen LogP contribution in [0.4, 0.5) is 0 Å². The van der Waals surface area contributed by atoms with Crippen molar-refractivity contribution in [2.75, 3.05) is 7.11 Å². The number of ether oxygens (including phenoxy) is 4. The summed E-state index contributed by atoms with van der Waals surface area (Å²) in [5.74, 6) is 0.0141. The van der Waals surface area contributed by atoms with Crippen molar-refractivity contribution in [3.63, 3.8) is 0 Å². The van der Waals surface area contributed by atoms with Crippen LogP contribution in [0.2, 0.25) is 0 Å². The number of Topliss-reactive ketones (excluding diaryl/α,β-unsaturated/α-hetero) is 1. The number of carbonyl (C=O) groups is 3. The van der Waals surface area contributed by atoms with Crippen LogP contribution in [0, 0.1) is 0 Å². The van der Waals surface area contributed by atoms with Crippen molar-refractivity contribution >= 4 is 23.8 Å². The molecule has 0 saturated heterocycles. The topological polar surface area (TPSA) is 101 Å². The number of rotatable bonds is 6. The zero-order valence-electron chi connectivity index (χ0n) is 21.5. The fourth-order valence-corrected chi connectivity index (χ4v) is 4.85. The molecule has 4 aromatic rings. The van der Waals surface area contributed by atoms with E-state index in [2.05, 4.69) is 4.98 Å². The van der Waals surface area contributed by atoms with Crippen LogP contribution in [0.5, 0.6) is 17.2 Å². The van der Waals surface area contributed by atoms with E-state index in [0.717, 1.165) is 11.1 Å². The fourth-order valence-electron chi connectivity index (χ4n) is 4.85. The maximum Gasteiger partial charge on any atom is 0.337 e. The molecule has 8 nitrogen and oxygen atoms in total. The number of hydrogen-bond donors (Lipinski definition) is 0. The minimum Gasteiger partial charge on any atom is -0.489 e. The Hall–Kier alpha value is -5.24. The molecule has 1 atom stereocenters.